The Morgan fingerprint density at radius 3 is 2.11 bits per heavy atom. The van der Waals surface area contributed by atoms with E-state index in [1.165, 1.54) is 32.9 Å². The summed E-state index contributed by atoms with van der Waals surface area (Å²) in [6, 6.07) is 14.7. The fourth-order valence-electron chi connectivity index (χ4n) is 9.89. The molecule has 0 spiro atoms. The van der Waals surface area contributed by atoms with Crippen molar-refractivity contribution in [3.8, 4) is 0 Å². The van der Waals surface area contributed by atoms with Crippen LogP contribution in [0.15, 0.2) is 71.8 Å². The van der Waals surface area contributed by atoms with Gasteiger partial charge < -0.3 is 49.1 Å². The Kier molecular flexibility index (Phi) is 12.6. The van der Waals surface area contributed by atoms with Gasteiger partial charge in [0, 0.05) is 31.6 Å². The van der Waals surface area contributed by atoms with Crippen LogP contribution in [0.2, 0.25) is 0 Å². The molecule has 2 bridgehead atoms. The second kappa shape index (κ2) is 16.8. The fourth-order valence-corrected chi connectivity index (χ4v) is 9.89. The monoisotopic (exact) mass is 863 g/mol. The molecule has 62 heavy (non-hydrogen) atoms. The number of rotatable bonds is 10. The van der Waals surface area contributed by atoms with Crippen molar-refractivity contribution in [3.05, 3.63) is 82.9 Å². The lowest BCUT2D eigenvalue weighted by Gasteiger charge is -2.67. The summed E-state index contributed by atoms with van der Waals surface area (Å²) in [5, 5.41) is 40.5. The number of benzene rings is 2. The Hall–Kier alpha value is -5.16. The maximum atomic E-state index is 15.1. The third-order valence-corrected chi connectivity index (χ3v) is 13.1. The molecule has 2 saturated carbocycles. The first-order chi connectivity index (χ1) is 28.9. The van der Waals surface area contributed by atoms with Crippen LogP contribution in [0.3, 0.4) is 0 Å². The number of alkyl carbamates (subject to hydrolysis) is 1. The number of carbonyl (C=O) groups is 6. The molecule has 3 fully saturated rings. The van der Waals surface area contributed by atoms with Gasteiger partial charge >= 0.3 is 30.0 Å². The molecule has 0 radical (unpaired) electrons. The quantitative estimate of drug-likeness (QED) is 0.149. The number of hydrogen-bond acceptors (Lipinski definition) is 15. The molecular formula is C46H57NO15. The van der Waals surface area contributed by atoms with Gasteiger partial charge in [-0.3, -0.25) is 14.4 Å². The summed E-state index contributed by atoms with van der Waals surface area (Å²) in [6.45, 7) is 13.3. The van der Waals surface area contributed by atoms with Crippen molar-refractivity contribution in [1.29, 1.82) is 0 Å². The summed E-state index contributed by atoms with van der Waals surface area (Å²) in [6.07, 6.45) is -11.6. The van der Waals surface area contributed by atoms with Crippen LogP contribution >= 0.6 is 0 Å². The second-order valence-corrected chi connectivity index (χ2v) is 18.4. The van der Waals surface area contributed by atoms with E-state index in [1.54, 1.807) is 83.1 Å². The minimum Gasteiger partial charge on any atom is -0.455 e. The van der Waals surface area contributed by atoms with Gasteiger partial charge in [-0.05, 0) is 63.5 Å². The zero-order valence-corrected chi connectivity index (χ0v) is 36.5. The van der Waals surface area contributed by atoms with E-state index in [0.717, 1.165) is 6.92 Å². The lowest BCUT2D eigenvalue weighted by molar-refractivity contribution is -0.346. The van der Waals surface area contributed by atoms with Crippen molar-refractivity contribution >= 4 is 35.8 Å². The van der Waals surface area contributed by atoms with Gasteiger partial charge in [0.25, 0.3) is 0 Å². The second-order valence-electron chi connectivity index (χ2n) is 18.4. The lowest BCUT2D eigenvalue weighted by Crippen LogP contribution is -2.81. The van der Waals surface area contributed by atoms with Crippen molar-refractivity contribution in [2.75, 3.05) is 6.61 Å². The van der Waals surface area contributed by atoms with Crippen LogP contribution in [-0.2, 0) is 47.6 Å². The van der Waals surface area contributed by atoms with Crippen molar-refractivity contribution in [2.24, 2.45) is 16.7 Å². The molecule has 3 aliphatic carbocycles. The number of nitrogens with one attached hydrogen (secondary N) is 1. The summed E-state index contributed by atoms with van der Waals surface area (Å²) >= 11 is 0. The maximum absolute atomic E-state index is 15.1. The highest BCUT2D eigenvalue weighted by molar-refractivity contribution is 5.94. The average molecular weight is 864 g/mol. The van der Waals surface area contributed by atoms with Gasteiger partial charge in [0.05, 0.1) is 29.6 Å². The van der Waals surface area contributed by atoms with Gasteiger partial charge in [0.15, 0.2) is 11.4 Å². The zero-order valence-electron chi connectivity index (χ0n) is 36.5. The van der Waals surface area contributed by atoms with Gasteiger partial charge in [0.2, 0.25) is 6.10 Å². The summed E-state index contributed by atoms with van der Waals surface area (Å²) in [5.41, 5.74) is -8.33. The molecular weight excluding hydrogens is 806 g/mol. The van der Waals surface area contributed by atoms with Gasteiger partial charge in [-0.1, -0.05) is 69.3 Å². The van der Waals surface area contributed by atoms with Crippen LogP contribution in [0.5, 0.6) is 0 Å². The molecule has 2 aromatic carbocycles. The molecule has 4 N–H and O–H groups in total. The van der Waals surface area contributed by atoms with Crippen LogP contribution in [-0.4, -0.2) is 111 Å². The first kappa shape index (κ1) is 46.3. The molecule has 16 heteroatoms. The third kappa shape index (κ3) is 8.01. The van der Waals surface area contributed by atoms with E-state index in [4.69, 9.17) is 28.4 Å². The fraction of sp³-hybridized carbons (Fsp3) is 0.565. The Labute approximate surface area is 360 Å². The first-order valence-electron chi connectivity index (χ1n) is 20.8. The number of aliphatic hydroxyl groups is 3. The minimum atomic E-state index is -2.39. The molecule has 0 aromatic heterocycles. The van der Waals surface area contributed by atoms with E-state index in [9.17, 15) is 39.3 Å². The largest absolute Gasteiger partial charge is 0.455 e. The Morgan fingerprint density at radius 1 is 0.952 bits per heavy atom. The number of hydrogen-bond donors (Lipinski definition) is 4. The highest BCUT2D eigenvalue weighted by Gasteiger charge is 2.78. The molecule has 6 rings (SSSR count). The third-order valence-electron chi connectivity index (χ3n) is 13.1. The Morgan fingerprint density at radius 2 is 1.56 bits per heavy atom. The topological polar surface area (TPSA) is 231 Å². The van der Waals surface area contributed by atoms with Crippen LogP contribution in [0, 0.1) is 16.7 Å². The molecule has 5 unspecified atom stereocenters. The number of amides is 1. The van der Waals surface area contributed by atoms with Gasteiger partial charge in [0.1, 0.15) is 41.7 Å². The number of esters is 4. The summed E-state index contributed by atoms with van der Waals surface area (Å²) in [7, 11) is 0. The first-order valence-corrected chi connectivity index (χ1v) is 20.8. The molecule has 2 aromatic rings. The smallest absolute Gasteiger partial charge is 0.408 e. The van der Waals surface area contributed by atoms with Crippen molar-refractivity contribution < 1.29 is 72.5 Å². The molecule has 1 amide bonds. The van der Waals surface area contributed by atoms with Gasteiger partial charge in [-0.25, -0.2) is 14.4 Å². The predicted octanol–water partition coefficient (Wildman–Crippen LogP) is 4.22. The predicted molar refractivity (Wildman–Crippen MR) is 218 cm³/mol. The molecule has 336 valence electrons. The molecule has 1 aliphatic heterocycles. The van der Waals surface area contributed by atoms with Crippen molar-refractivity contribution in [3.63, 3.8) is 0 Å². The van der Waals surface area contributed by atoms with E-state index >= 15 is 4.79 Å². The summed E-state index contributed by atoms with van der Waals surface area (Å²) in [5.74, 6) is -6.18. The minimum absolute atomic E-state index is 0.0686. The number of fused-ring (bicyclic) bond motifs is 5. The number of aliphatic hydroxyl groups excluding tert-OH is 2. The Balaban J connectivity index is 1.53. The van der Waals surface area contributed by atoms with E-state index in [-0.39, 0.29) is 36.2 Å². The number of ether oxygens (including phenoxy) is 6. The zero-order chi connectivity index (χ0) is 45.7. The summed E-state index contributed by atoms with van der Waals surface area (Å²) in [4.78, 5) is 83.2. The molecule has 4 aliphatic rings. The van der Waals surface area contributed by atoms with Crippen molar-refractivity contribution in [1.82, 2.24) is 5.32 Å². The van der Waals surface area contributed by atoms with E-state index < -0.39 is 118 Å². The van der Waals surface area contributed by atoms with Crippen LogP contribution < -0.4 is 5.32 Å². The SMILES string of the molecule is CCC(=O)OC(C(=O)OC1C[C@@]2(O)C(OC(=O)c3ccccc3)C3[C@](C)(C(=O)[C@H](O)C(=C1C)C2(C)C)[C@@H](O)C[C@H]1OC[C@@]31OC(C)=O)C(NC(=O)OC(C)(C)C)c1ccccc1. The molecule has 16 nitrogen and oxygen atoms in total. The van der Waals surface area contributed by atoms with Crippen LogP contribution in [0.1, 0.15) is 104 Å². The van der Waals surface area contributed by atoms with Gasteiger partial charge in [-0.2, -0.15) is 0 Å². The van der Waals surface area contributed by atoms with E-state index in [2.05, 4.69) is 5.32 Å². The Bertz CT molecular complexity index is 2110. The molecule has 11 atom stereocenters. The highest BCUT2D eigenvalue weighted by Crippen LogP contribution is 2.64. The number of carbonyl (C=O) groups excluding carboxylic acids is 6. The van der Waals surface area contributed by atoms with E-state index in [0.29, 0.717) is 5.56 Å². The normalized spacial score (nSPS) is 32.2. The standard InChI is InChI=1S/C46H57NO15/c1-10-31(50)59-35(33(26-17-13-11-14-18-26)47-41(55)62-42(4,5)6)40(54)58-28-22-46(56)38(60-39(53)27-19-15-12-16-20-27)36-44(9,37(52)34(51)32(24(28)2)43(46,7)8)29(49)21-30-45(36,23-57-30)61-25(3)48/h11-20,28-30,33-36,38,49,51,56H,10,21-23H2,1-9H3,(H,47,55)/t28?,29-,30+,33?,34+,35?,36?,38?,44+,45-,46+/m0/s1. The van der Waals surface area contributed by atoms with E-state index in [1.807, 2.05) is 0 Å². The van der Waals surface area contributed by atoms with Crippen LogP contribution in [0.4, 0.5) is 4.79 Å². The van der Waals surface area contributed by atoms with Crippen LogP contribution in [0.25, 0.3) is 0 Å². The average Bonchev–Trinajstić information content (AvgIpc) is 3.20. The van der Waals surface area contributed by atoms with Crippen molar-refractivity contribution in [2.45, 2.75) is 141 Å². The highest BCUT2D eigenvalue weighted by atomic mass is 16.6. The van der Waals surface area contributed by atoms with Gasteiger partial charge in [-0.15, -0.1) is 0 Å². The molecule has 1 saturated heterocycles. The summed E-state index contributed by atoms with van der Waals surface area (Å²) < 4.78 is 35.6. The number of Topliss-reactive ketones (excluding diaryl/α,β-unsaturated/α-hetero) is 1. The maximum Gasteiger partial charge on any atom is 0.408 e. The molecule has 1 heterocycles. The lowest BCUT2D eigenvalue weighted by atomic mass is 9.44. The number of ketones is 1.